The standard InChI is InChI=1S/C16H22N4O2/c1-4-13-11(2)9-14(22-13)16(21)20-8-7-19(3)12(10-20)15-17-5-6-18-15/h5-6,9,12H,4,7-8,10H2,1-3H3,(H,17,18)/t12-/m0/s1. The lowest BCUT2D eigenvalue weighted by molar-refractivity contribution is 0.0504. The Morgan fingerprint density at radius 3 is 2.95 bits per heavy atom. The zero-order valence-electron chi connectivity index (χ0n) is 13.3. The zero-order valence-corrected chi connectivity index (χ0v) is 13.3. The molecule has 0 bridgehead atoms. The normalized spacial score (nSPS) is 19.6. The Balaban J connectivity index is 1.78. The molecule has 1 aliphatic rings. The molecule has 0 radical (unpaired) electrons. The molecule has 1 amide bonds. The molecule has 6 nitrogen and oxygen atoms in total. The Hall–Kier alpha value is -2.08. The van der Waals surface area contributed by atoms with Gasteiger partial charge < -0.3 is 14.3 Å². The Morgan fingerprint density at radius 1 is 1.50 bits per heavy atom. The summed E-state index contributed by atoms with van der Waals surface area (Å²) in [7, 11) is 2.06. The van der Waals surface area contributed by atoms with E-state index in [4.69, 9.17) is 4.42 Å². The summed E-state index contributed by atoms with van der Waals surface area (Å²) in [6, 6.07) is 1.94. The highest BCUT2D eigenvalue weighted by atomic mass is 16.4. The summed E-state index contributed by atoms with van der Waals surface area (Å²) in [4.78, 5) is 24.2. The molecule has 3 heterocycles. The second-order valence-electron chi connectivity index (χ2n) is 5.79. The number of likely N-dealkylation sites (N-methyl/N-ethyl adjacent to an activating group) is 1. The minimum atomic E-state index is -0.0348. The van der Waals surface area contributed by atoms with Gasteiger partial charge in [0.25, 0.3) is 5.91 Å². The van der Waals surface area contributed by atoms with Crippen molar-refractivity contribution in [1.82, 2.24) is 19.8 Å². The van der Waals surface area contributed by atoms with E-state index in [2.05, 4.69) is 21.9 Å². The predicted octanol–water partition coefficient (Wildman–Crippen LogP) is 2.00. The molecule has 3 rings (SSSR count). The van der Waals surface area contributed by atoms with Crippen molar-refractivity contribution in [3.8, 4) is 0 Å². The maximum atomic E-state index is 12.7. The lowest BCUT2D eigenvalue weighted by atomic mass is 10.1. The van der Waals surface area contributed by atoms with Crippen LogP contribution in [-0.4, -0.2) is 52.4 Å². The first kappa shape index (κ1) is 14.8. The monoisotopic (exact) mass is 302 g/mol. The maximum Gasteiger partial charge on any atom is 0.289 e. The Morgan fingerprint density at radius 2 is 2.32 bits per heavy atom. The van der Waals surface area contributed by atoms with E-state index in [0.717, 1.165) is 30.1 Å². The number of H-pyrrole nitrogens is 1. The maximum absolute atomic E-state index is 12.7. The minimum absolute atomic E-state index is 0.0348. The van der Waals surface area contributed by atoms with Gasteiger partial charge in [-0.05, 0) is 25.6 Å². The highest BCUT2D eigenvalue weighted by molar-refractivity contribution is 5.92. The number of amides is 1. The van der Waals surface area contributed by atoms with Gasteiger partial charge >= 0.3 is 0 Å². The van der Waals surface area contributed by atoms with Crippen LogP contribution in [0, 0.1) is 6.92 Å². The van der Waals surface area contributed by atoms with E-state index in [-0.39, 0.29) is 11.9 Å². The van der Waals surface area contributed by atoms with Gasteiger partial charge in [-0.3, -0.25) is 9.69 Å². The Kier molecular flexibility index (Phi) is 4.02. The van der Waals surface area contributed by atoms with Crippen LogP contribution < -0.4 is 0 Å². The van der Waals surface area contributed by atoms with Crippen molar-refractivity contribution < 1.29 is 9.21 Å². The van der Waals surface area contributed by atoms with E-state index in [1.54, 1.807) is 6.20 Å². The number of nitrogens with zero attached hydrogens (tertiary/aromatic N) is 3. The van der Waals surface area contributed by atoms with E-state index in [1.807, 2.05) is 31.0 Å². The molecule has 22 heavy (non-hydrogen) atoms. The molecule has 0 aromatic carbocycles. The number of nitrogens with one attached hydrogen (secondary N) is 1. The van der Waals surface area contributed by atoms with Crippen molar-refractivity contribution in [2.24, 2.45) is 0 Å². The number of aromatic nitrogens is 2. The van der Waals surface area contributed by atoms with E-state index in [9.17, 15) is 4.79 Å². The van der Waals surface area contributed by atoms with Gasteiger partial charge in [0, 0.05) is 38.4 Å². The van der Waals surface area contributed by atoms with Gasteiger partial charge in [-0.2, -0.15) is 0 Å². The van der Waals surface area contributed by atoms with Crippen molar-refractivity contribution in [3.63, 3.8) is 0 Å². The molecule has 1 N–H and O–H groups in total. The summed E-state index contributed by atoms with van der Waals surface area (Å²) in [5, 5.41) is 0. The minimum Gasteiger partial charge on any atom is -0.456 e. The molecule has 2 aromatic rings. The van der Waals surface area contributed by atoms with Crippen molar-refractivity contribution in [3.05, 3.63) is 41.4 Å². The summed E-state index contributed by atoms with van der Waals surface area (Å²) in [6.07, 6.45) is 4.36. The van der Waals surface area contributed by atoms with E-state index in [0.29, 0.717) is 18.8 Å². The van der Waals surface area contributed by atoms with Crippen LogP contribution in [0.25, 0.3) is 0 Å². The molecule has 1 aliphatic heterocycles. The van der Waals surface area contributed by atoms with Crippen LogP contribution in [0.5, 0.6) is 0 Å². The van der Waals surface area contributed by atoms with Gasteiger partial charge in [0.05, 0.1) is 6.04 Å². The molecular weight excluding hydrogens is 280 g/mol. The summed E-state index contributed by atoms with van der Waals surface area (Å²) < 4.78 is 5.70. The average molecular weight is 302 g/mol. The second kappa shape index (κ2) is 5.96. The van der Waals surface area contributed by atoms with E-state index < -0.39 is 0 Å². The molecule has 0 spiro atoms. The molecule has 2 aromatic heterocycles. The molecule has 118 valence electrons. The van der Waals surface area contributed by atoms with Crippen LogP contribution in [0.4, 0.5) is 0 Å². The third-order valence-electron chi connectivity index (χ3n) is 4.32. The van der Waals surface area contributed by atoms with Crippen LogP contribution >= 0.6 is 0 Å². The quantitative estimate of drug-likeness (QED) is 0.942. The molecule has 1 atom stereocenters. The average Bonchev–Trinajstić information content (AvgIpc) is 3.16. The summed E-state index contributed by atoms with van der Waals surface area (Å²) >= 11 is 0. The lowest BCUT2D eigenvalue weighted by Gasteiger charge is -2.38. The number of hydrogen-bond acceptors (Lipinski definition) is 4. The van der Waals surface area contributed by atoms with Crippen LogP contribution in [0.15, 0.2) is 22.9 Å². The van der Waals surface area contributed by atoms with Crippen LogP contribution in [0.1, 0.15) is 40.7 Å². The first-order chi connectivity index (χ1) is 10.6. The summed E-state index contributed by atoms with van der Waals surface area (Å²) in [5.74, 6) is 2.19. The number of imidazole rings is 1. The molecule has 1 saturated heterocycles. The van der Waals surface area contributed by atoms with Gasteiger partial charge in [-0.15, -0.1) is 0 Å². The predicted molar refractivity (Wildman–Crippen MR) is 82.7 cm³/mol. The fourth-order valence-electron chi connectivity index (χ4n) is 2.95. The molecule has 1 fully saturated rings. The number of furan rings is 1. The second-order valence-corrected chi connectivity index (χ2v) is 5.79. The van der Waals surface area contributed by atoms with Crippen molar-refractivity contribution >= 4 is 5.91 Å². The number of aryl methyl sites for hydroxylation is 2. The number of carbonyl (C=O) groups is 1. The first-order valence-electron chi connectivity index (χ1n) is 7.68. The molecule has 0 aliphatic carbocycles. The fourth-order valence-corrected chi connectivity index (χ4v) is 2.95. The number of piperazine rings is 1. The highest BCUT2D eigenvalue weighted by Crippen LogP contribution is 2.23. The van der Waals surface area contributed by atoms with E-state index >= 15 is 0 Å². The highest BCUT2D eigenvalue weighted by Gasteiger charge is 2.31. The smallest absolute Gasteiger partial charge is 0.289 e. The zero-order chi connectivity index (χ0) is 15.7. The third-order valence-corrected chi connectivity index (χ3v) is 4.32. The number of carbonyl (C=O) groups excluding carboxylic acids is 1. The van der Waals surface area contributed by atoms with Crippen LogP contribution in [-0.2, 0) is 6.42 Å². The largest absolute Gasteiger partial charge is 0.456 e. The van der Waals surface area contributed by atoms with Crippen molar-refractivity contribution in [2.75, 3.05) is 26.7 Å². The van der Waals surface area contributed by atoms with Gasteiger partial charge in [0.15, 0.2) is 5.76 Å². The van der Waals surface area contributed by atoms with Gasteiger partial charge in [0.2, 0.25) is 0 Å². The molecule has 6 heteroatoms. The van der Waals surface area contributed by atoms with Crippen LogP contribution in [0.2, 0.25) is 0 Å². The van der Waals surface area contributed by atoms with Gasteiger partial charge in [-0.25, -0.2) is 4.98 Å². The molecule has 0 saturated carbocycles. The number of rotatable bonds is 3. The van der Waals surface area contributed by atoms with Crippen LogP contribution in [0.3, 0.4) is 0 Å². The first-order valence-corrected chi connectivity index (χ1v) is 7.68. The van der Waals surface area contributed by atoms with Crippen molar-refractivity contribution in [2.45, 2.75) is 26.3 Å². The third kappa shape index (κ3) is 2.66. The Labute approximate surface area is 130 Å². The topological polar surface area (TPSA) is 65.4 Å². The SMILES string of the molecule is CCc1oc(C(=O)N2CCN(C)[C@H](c3ncc[nH]3)C2)cc1C. The summed E-state index contributed by atoms with van der Waals surface area (Å²) in [5.41, 5.74) is 1.04. The van der Waals surface area contributed by atoms with Crippen molar-refractivity contribution in [1.29, 1.82) is 0 Å². The fraction of sp³-hybridized carbons (Fsp3) is 0.500. The van der Waals surface area contributed by atoms with Gasteiger partial charge in [-0.1, -0.05) is 6.92 Å². The summed E-state index contributed by atoms with van der Waals surface area (Å²) in [6.45, 7) is 6.15. The number of aromatic amines is 1. The molecular formula is C16H22N4O2. The van der Waals surface area contributed by atoms with Gasteiger partial charge in [0.1, 0.15) is 11.6 Å². The molecule has 0 unspecified atom stereocenters. The number of hydrogen-bond donors (Lipinski definition) is 1. The Bertz CT molecular complexity index is 647. The van der Waals surface area contributed by atoms with E-state index in [1.165, 1.54) is 0 Å². The lowest BCUT2D eigenvalue weighted by Crippen LogP contribution is -2.49.